The molecule has 0 saturated carbocycles. The second kappa shape index (κ2) is 9.23. The topological polar surface area (TPSA) is 21.3 Å². The molecule has 0 aliphatic heterocycles. The Morgan fingerprint density at radius 1 is 1.25 bits per heavy atom. The minimum atomic E-state index is -0.331. The number of hydrogen-bond acceptors (Lipinski definition) is 2. The molecule has 0 fully saturated rings. The van der Waals surface area contributed by atoms with Gasteiger partial charge in [-0.25, -0.2) is 5.48 Å². The molecule has 0 atom stereocenters. The summed E-state index contributed by atoms with van der Waals surface area (Å²) in [5.41, 5.74) is 3.00. The minimum Gasteiger partial charge on any atom is -0.302 e. The molecule has 2 nitrogen and oxygen atoms in total. The SMILES string of the molecule is CCCCONCCC[SiH](C)C. The second-order valence-electron chi connectivity index (χ2n) is 3.63. The number of unbranched alkanes of at least 4 members (excludes halogenated alkanes) is 1. The predicted octanol–water partition coefficient (Wildman–Crippen LogP) is 2.18. The highest BCUT2D eigenvalue weighted by molar-refractivity contribution is 6.55. The van der Waals surface area contributed by atoms with Crippen LogP contribution in [0.15, 0.2) is 0 Å². The molecule has 0 rings (SSSR count). The Bertz CT molecular complexity index is 88.6. The molecule has 3 heteroatoms. The quantitative estimate of drug-likeness (QED) is 0.359. The van der Waals surface area contributed by atoms with E-state index in [1.165, 1.54) is 18.9 Å². The van der Waals surface area contributed by atoms with Crippen molar-refractivity contribution in [1.82, 2.24) is 5.48 Å². The van der Waals surface area contributed by atoms with Gasteiger partial charge in [-0.3, -0.25) is 0 Å². The van der Waals surface area contributed by atoms with E-state index in [9.17, 15) is 0 Å². The van der Waals surface area contributed by atoms with E-state index in [0.717, 1.165) is 19.6 Å². The van der Waals surface area contributed by atoms with Gasteiger partial charge in [0, 0.05) is 15.3 Å². The lowest BCUT2D eigenvalue weighted by atomic mass is 10.4. The van der Waals surface area contributed by atoms with Crippen molar-refractivity contribution >= 4 is 8.80 Å². The first-order chi connectivity index (χ1) is 5.77. The van der Waals surface area contributed by atoms with Crippen molar-refractivity contribution in [2.24, 2.45) is 0 Å². The Morgan fingerprint density at radius 3 is 2.58 bits per heavy atom. The van der Waals surface area contributed by atoms with E-state index in [-0.39, 0.29) is 8.80 Å². The molecule has 0 aromatic heterocycles. The third-order valence-electron chi connectivity index (χ3n) is 1.76. The standard InChI is InChI=1S/C9H23NOSi/c1-4-5-8-11-10-7-6-9-12(2)3/h10,12H,4-9H2,1-3H3. The van der Waals surface area contributed by atoms with Crippen molar-refractivity contribution < 1.29 is 4.84 Å². The fourth-order valence-corrected chi connectivity index (χ4v) is 1.96. The third kappa shape index (κ3) is 10.1. The maximum absolute atomic E-state index is 5.22. The molecule has 0 heterocycles. The lowest BCUT2D eigenvalue weighted by Crippen LogP contribution is -2.17. The van der Waals surface area contributed by atoms with Crippen LogP contribution in [-0.4, -0.2) is 21.9 Å². The van der Waals surface area contributed by atoms with Crippen molar-refractivity contribution in [3.8, 4) is 0 Å². The summed E-state index contributed by atoms with van der Waals surface area (Å²) in [5.74, 6) is 0. The Morgan fingerprint density at radius 2 is 2.00 bits per heavy atom. The van der Waals surface area contributed by atoms with Crippen LogP contribution < -0.4 is 5.48 Å². The van der Waals surface area contributed by atoms with Gasteiger partial charge < -0.3 is 4.84 Å². The largest absolute Gasteiger partial charge is 0.302 e. The summed E-state index contributed by atoms with van der Waals surface area (Å²) in [6.07, 6.45) is 3.64. The predicted molar refractivity (Wildman–Crippen MR) is 57.2 cm³/mol. The van der Waals surface area contributed by atoms with Gasteiger partial charge in [-0.1, -0.05) is 32.5 Å². The van der Waals surface area contributed by atoms with Gasteiger partial charge >= 0.3 is 0 Å². The monoisotopic (exact) mass is 189 g/mol. The minimum absolute atomic E-state index is 0.331. The van der Waals surface area contributed by atoms with Crippen molar-refractivity contribution in [3.63, 3.8) is 0 Å². The number of hydrogen-bond donors (Lipinski definition) is 1. The van der Waals surface area contributed by atoms with Crippen LogP contribution in [0.2, 0.25) is 19.1 Å². The van der Waals surface area contributed by atoms with Crippen molar-refractivity contribution in [3.05, 3.63) is 0 Å². The van der Waals surface area contributed by atoms with Gasteiger partial charge in [0.25, 0.3) is 0 Å². The zero-order chi connectivity index (χ0) is 9.23. The summed E-state index contributed by atoms with van der Waals surface area (Å²) in [5, 5.41) is 0. The fraction of sp³-hybridized carbons (Fsp3) is 1.00. The van der Waals surface area contributed by atoms with Crippen LogP contribution in [0, 0.1) is 0 Å². The van der Waals surface area contributed by atoms with E-state index < -0.39 is 0 Å². The summed E-state index contributed by atoms with van der Waals surface area (Å²) in [4.78, 5) is 5.22. The fourth-order valence-electron chi connectivity index (χ4n) is 0.943. The molecule has 0 aromatic carbocycles. The molecular formula is C9H23NOSi. The van der Waals surface area contributed by atoms with Crippen LogP contribution in [0.5, 0.6) is 0 Å². The highest BCUT2D eigenvalue weighted by Crippen LogP contribution is 1.95. The molecule has 12 heavy (non-hydrogen) atoms. The highest BCUT2D eigenvalue weighted by atomic mass is 28.3. The Balaban J connectivity index is 2.82. The smallest absolute Gasteiger partial charge is 0.0682 e. The first kappa shape index (κ1) is 12.1. The molecule has 1 N–H and O–H groups in total. The first-order valence-electron chi connectivity index (χ1n) is 5.12. The molecule has 0 aliphatic carbocycles. The summed E-state index contributed by atoms with van der Waals surface area (Å²) in [6.45, 7) is 8.83. The Labute approximate surface area is 78.3 Å². The van der Waals surface area contributed by atoms with Gasteiger partial charge in [-0.05, 0) is 12.8 Å². The average molecular weight is 189 g/mol. The van der Waals surface area contributed by atoms with E-state index in [2.05, 4.69) is 25.5 Å². The molecular weight excluding hydrogens is 166 g/mol. The summed E-state index contributed by atoms with van der Waals surface area (Å²) in [7, 11) is -0.331. The number of rotatable bonds is 8. The maximum Gasteiger partial charge on any atom is 0.0682 e. The molecule has 0 unspecified atom stereocenters. The molecule has 0 aliphatic rings. The zero-order valence-corrected chi connectivity index (χ0v) is 9.88. The normalized spacial score (nSPS) is 11.0. The van der Waals surface area contributed by atoms with Crippen molar-refractivity contribution in [2.75, 3.05) is 13.2 Å². The van der Waals surface area contributed by atoms with E-state index in [1.807, 2.05) is 0 Å². The third-order valence-corrected chi connectivity index (χ3v) is 3.33. The van der Waals surface area contributed by atoms with Gasteiger partial charge in [0.05, 0.1) is 6.61 Å². The van der Waals surface area contributed by atoms with Crippen molar-refractivity contribution in [2.45, 2.75) is 45.3 Å². The van der Waals surface area contributed by atoms with Crippen LogP contribution in [0.3, 0.4) is 0 Å². The van der Waals surface area contributed by atoms with Gasteiger partial charge in [-0.2, -0.15) is 0 Å². The number of nitrogens with one attached hydrogen (secondary N) is 1. The van der Waals surface area contributed by atoms with Crippen LogP contribution in [0.25, 0.3) is 0 Å². The summed E-state index contributed by atoms with van der Waals surface area (Å²) < 4.78 is 0. The van der Waals surface area contributed by atoms with Gasteiger partial charge in [0.2, 0.25) is 0 Å². The summed E-state index contributed by atoms with van der Waals surface area (Å²) >= 11 is 0. The van der Waals surface area contributed by atoms with Crippen LogP contribution in [-0.2, 0) is 4.84 Å². The molecule has 0 bridgehead atoms. The lowest BCUT2D eigenvalue weighted by Gasteiger charge is -2.05. The zero-order valence-electron chi connectivity index (χ0n) is 8.73. The molecule has 74 valence electrons. The van der Waals surface area contributed by atoms with Crippen LogP contribution in [0.4, 0.5) is 0 Å². The Hall–Kier alpha value is 0.137. The Kier molecular flexibility index (Phi) is 9.33. The van der Waals surface area contributed by atoms with E-state index in [1.54, 1.807) is 0 Å². The van der Waals surface area contributed by atoms with Crippen molar-refractivity contribution in [1.29, 1.82) is 0 Å². The molecule has 0 amide bonds. The van der Waals surface area contributed by atoms with E-state index in [4.69, 9.17) is 4.84 Å². The van der Waals surface area contributed by atoms with Gasteiger partial charge in [-0.15, -0.1) is 0 Å². The van der Waals surface area contributed by atoms with Gasteiger partial charge in [0.1, 0.15) is 0 Å². The van der Waals surface area contributed by atoms with Gasteiger partial charge in [0.15, 0.2) is 0 Å². The van der Waals surface area contributed by atoms with E-state index in [0.29, 0.717) is 0 Å². The summed E-state index contributed by atoms with van der Waals surface area (Å²) in [6, 6.07) is 1.42. The average Bonchev–Trinajstić information content (AvgIpc) is 2.02. The first-order valence-corrected chi connectivity index (χ1v) is 8.24. The molecule has 0 saturated heterocycles. The number of hydroxylamine groups is 1. The van der Waals surface area contributed by atoms with Crippen LogP contribution >= 0.6 is 0 Å². The molecule has 0 radical (unpaired) electrons. The van der Waals surface area contributed by atoms with E-state index >= 15 is 0 Å². The second-order valence-corrected chi connectivity index (χ2v) is 7.00. The maximum atomic E-state index is 5.22. The molecule has 0 aromatic rings. The molecule has 0 spiro atoms. The van der Waals surface area contributed by atoms with Crippen LogP contribution in [0.1, 0.15) is 26.2 Å². The lowest BCUT2D eigenvalue weighted by molar-refractivity contribution is 0.0395. The highest BCUT2D eigenvalue weighted by Gasteiger charge is 1.94.